The van der Waals surface area contributed by atoms with Crippen molar-refractivity contribution >= 4 is 13.4 Å². The van der Waals surface area contributed by atoms with Gasteiger partial charge in [0.2, 0.25) is 0 Å². The van der Waals surface area contributed by atoms with Crippen molar-refractivity contribution in [2.24, 2.45) is 0 Å². The molecule has 58 valence electrons. The van der Waals surface area contributed by atoms with E-state index in [1.807, 2.05) is 0 Å². The van der Waals surface area contributed by atoms with Gasteiger partial charge < -0.3 is 14.8 Å². The van der Waals surface area contributed by atoms with Gasteiger partial charge in [-0.15, -0.1) is 0 Å². The molecule has 0 aliphatic carbocycles. The molecule has 0 aromatic heterocycles. The van der Waals surface area contributed by atoms with E-state index in [2.05, 4.69) is 0 Å². The summed E-state index contributed by atoms with van der Waals surface area (Å²) >= 11 is 0. The topological polar surface area (TPSA) is 66.8 Å². The van der Waals surface area contributed by atoms with Gasteiger partial charge in [0.05, 0.1) is 6.26 Å². The number of rotatable bonds is 2. The molecule has 0 saturated carbocycles. The maximum atomic E-state index is 10.2. The first-order chi connectivity index (χ1) is 5.24. The van der Waals surface area contributed by atoms with Gasteiger partial charge in [0.25, 0.3) is 0 Å². The summed E-state index contributed by atoms with van der Waals surface area (Å²) in [5.74, 6) is 0. The van der Waals surface area contributed by atoms with Gasteiger partial charge in [0.15, 0.2) is 6.29 Å². The first-order valence-corrected chi connectivity index (χ1v) is 3.07. The van der Waals surface area contributed by atoms with E-state index in [4.69, 9.17) is 14.8 Å². The first-order valence-electron chi connectivity index (χ1n) is 3.07. The Balaban J connectivity index is 2.75. The predicted octanol–water partition coefficient (Wildman–Crippen LogP) is -0.962. The van der Waals surface area contributed by atoms with Crippen molar-refractivity contribution in [2.45, 2.75) is 0 Å². The zero-order valence-corrected chi connectivity index (χ0v) is 5.73. The van der Waals surface area contributed by atoms with Gasteiger partial charge >= 0.3 is 7.12 Å². The average molecular weight is 154 g/mol. The standard InChI is InChI=1S/C6H7BO4/c8-2-5-1-6(7(9)10)4-11-3-5/h1-3,9-10H,4H2. The number of ether oxygens (including phenoxy) is 1. The lowest BCUT2D eigenvalue weighted by atomic mass is 9.78. The van der Waals surface area contributed by atoms with Crippen molar-refractivity contribution in [1.82, 2.24) is 0 Å². The van der Waals surface area contributed by atoms with Crippen LogP contribution in [0.2, 0.25) is 0 Å². The van der Waals surface area contributed by atoms with Crippen LogP contribution in [0.1, 0.15) is 0 Å². The summed E-state index contributed by atoms with van der Waals surface area (Å²) in [7, 11) is -1.54. The van der Waals surface area contributed by atoms with Crippen LogP contribution in [0.3, 0.4) is 0 Å². The summed E-state index contributed by atoms with van der Waals surface area (Å²) in [5.41, 5.74) is 0.592. The maximum absolute atomic E-state index is 10.2. The summed E-state index contributed by atoms with van der Waals surface area (Å²) in [6, 6.07) is 0. The number of hydrogen-bond acceptors (Lipinski definition) is 4. The molecule has 11 heavy (non-hydrogen) atoms. The molecule has 1 aliphatic heterocycles. The van der Waals surface area contributed by atoms with Crippen LogP contribution < -0.4 is 0 Å². The van der Waals surface area contributed by atoms with Crippen LogP contribution in [-0.2, 0) is 9.53 Å². The minimum atomic E-state index is -1.54. The molecule has 1 aliphatic rings. The Morgan fingerprint density at radius 3 is 2.91 bits per heavy atom. The Hall–Kier alpha value is -1.07. The third-order valence-electron chi connectivity index (χ3n) is 1.29. The number of carbonyl (C=O) groups is 1. The number of hydrogen-bond donors (Lipinski definition) is 2. The Morgan fingerprint density at radius 2 is 2.36 bits per heavy atom. The summed E-state index contributed by atoms with van der Waals surface area (Å²) in [5, 5.41) is 17.3. The minimum Gasteiger partial charge on any atom is -0.497 e. The zero-order chi connectivity index (χ0) is 8.27. The van der Waals surface area contributed by atoms with Crippen LogP contribution >= 0.6 is 0 Å². The van der Waals surface area contributed by atoms with Crippen molar-refractivity contribution in [3.05, 3.63) is 23.4 Å². The summed E-state index contributed by atoms with van der Waals surface area (Å²) < 4.78 is 4.77. The second kappa shape index (κ2) is 3.36. The van der Waals surface area contributed by atoms with E-state index >= 15 is 0 Å². The fraction of sp³-hybridized carbons (Fsp3) is 0.167. The van der Waals surface area contributed by atoms with E-state index in [-0.39, 0.29) is 12.1 Å². The van der Waals surface area contributed by atoms with Crippen LogP contribution in [0.15, 0.2) is 23.4 Å². The first kappa shape index (κ1) is 8.04. The summed E-state index contributed by atoms with van der Waals surface area (Å²) in [4.78, 5) is 10.2. The van der Waals surface area contributed by atoms with Gasteiger partial charge in [-0.25, -0.2) is 0 Å². The molecule has 4 nitrogen and oxygen atoms in total. The van der Waals surface area contributed by atoms with Gasteiger partial charge in [-0.3, -0.25) is 4.79 Å². The van der Waals surface area contributed by atoms with Crippen molar-refractivity contribution in [3.63, 3.8) is 0 Å². The molecule has 1 heterocycles. The maximum Gasteiger partial charge on any atom is 0.487 e. The SMILES string of the molecule is O=CC1=COCC(B(O)O)=C1. The van der Waals surface area contributed by atoms with Gasteiger partial charge in [-0.2, -0.15) is 0 Å². The van der Waals surface area contributed by atoms with Gasteiger partial charge in [0.1, 0.15) is 6.61 Å². The molecular weight excluding hydrogens is 147 g/mol. The minimum absolute atomic E-state index is 0.120. The lowest BCUT2D eigenvalue weighted by Crippen LogP contribution is -2.21. The Labute approximate surface area is 63.9 Å². The second-order valence-corrected chi connectivity index (χ2v) is 2.14. The molecule has 1 rings (SSSR count). The van der Waals surface area contributed by atoms with Crippen molar-refractivity contribution in [2.75, 3.05) is 6.61 Å². The molecule has 0 aromatic carbocycles. The van der Waals surface area contributed by atoms with E-state index in [0.29, 0.717) is 11.9 Å². The van der Waals surface area contributed by atoms with E-state index in [0.717, 1.165) is 0 Å². The highest BCUT2D eigenvalue weighted by Gasteiger charge is 2.17. The van der Waals surface area contributed by atoms with Crippen LogP contribution in [0, 0.1) is 0 Å². The monoisotopic (exact) mass is 154 g/mol. The molecule has 0 atom stereocenters. The average Bonchev–Trinajstić information content (AvgIpc) is 2.05. The molecule has 0 saturated heterocycles. The highest BCUT2D eigenvalue weighted by molar-refractivity contribution is 6.51. The molecule has 0 unspecified atom stereocenters. The summed E-state index contributed by atoms with van der Waals surface area (Å²) in [6.45, 7) is 0.120. The lowest BCUT2D eigenvalue weighted by molar-refractivity contribution is -0.104. The molecule has 0 aromatic rings. The van der Waals surface area contributed by atoms with Crippen LogP contribution in [-0.4, -0.2) is 30.1 Å². The Morgan fingerprint density at radius 1 is 1.64 bits per heavy atom. The molecule has 0 fully saturated rings. The molecule has 0 radical (unpaired) electrons. The third-order valence-corrected chi connectivity index (χ3v) is 1.29. The van der Waals surface area contributed by atoms with E-state index in [1.54, 1.807) is 0 Å². The van der Waals surface area contributed by atoms with E-state index in [9.17, 15) is 4.79 Å². The molecular formula is C6H7BO4. The normalized spacial score (nSPS) is 16.2. The highest BCUT2D eigenvalue weighted by Crippen LogP contribution is 2.09. The Kier molecular flexibility index (Phi) is 2.46. The largest absolute Gasteiger partial charge is 0.497 e. The second-order valence-electron chi connectivity index (χ2n) is 2.14. The summed E-state index contributed by atoms with van der Waals surface area (Å²) in [6.07, 6.45) is 3.25. The predicted molar refractivity (Wildman–Crippen MR) is 38.4 cm³/mol. The number of carbonyl (C=O) groups excluding carboxylic acids is 1. The fourth-order valence-corrected chi connectivity index (χ4v) is 0.735. The molecule has 0 amide bonds. The molecule has 0 spiro atoms. The van der Waals surface area contributed by atoms with Gasteiger partial charge in [-0.1, -0.05) is 0 Å². The van der Waals surface area contributed by atoms with Crippen LogP contribution in [0.5, 0.6) is 0 Å². The van der Waals surface area contributed by atoms with Crippen LogP contribution in [0.4, 0.5) is 0 Å². The quantitative estimate of drug-likeness (QED) is 0.397. The van der Waals surface area contributed by atoms with Crippen LogP contribution in [0.25, 0.3) is 0 Å². The zero-order valence-electron chi connectivity index (χ0n) is 5.73. The van der Waals surface area contributed by atoms with E-state index < -0.39 is 7.12 Å². The molecule has 2 N–H and O–H groups in total. The third kappa shape index (κ3) is 1.93. The fourth-order valence-electron chi connectivity index (χ4n) is 0.735. The van der Waals surface area contributed by atoms with Crippen molar-refractivity contribution in [1.29, 1.82) is 0 Å². The highest BCUT2D eigenvalue weighted by atomic mass is 16.5. The van der Waals surface area contributed by atoms with E-state index in [1.165, 1.54) is 12.3 Å². The lowest BCUT2D eigenvalue weighted by Gasteiger charge is -2.10. The van der Waals surface area contributed by atoms with Gasteiger partial charge in [0, 0.05) is 5.57 Å². The van der Waals surface area contributed by atoms with Crippen molar-refractivity contribution in [3.8, 4) is 0 Å². The van der Waals surface area contributed by atoms with Gasteiger partial charge in [-0.05, 0) is 11.5 Å². The Bertz CT molecular complexity index is 219. The molecule has 0 bridgehead atoms. The number of allylic oxidation sites excluding steroid dienone is 2. The van der Waals surface area contributed by atoms with Crippen molar-refractivity contribution < 1.29 is 19.6 Å². The smallest absolute Gasteiger partial charge is 0.487 e. The molecule has 5 heteroatoms. The number of aldehydes is 1.